The minimum Gasteiger partial charge on any atom is -0.361 e. The van der Waals surface area contributed by atoms with Gasteiger partial charge in [-0.25, -0.2) is 4.98 Å². The summed E-state index contributed by atoms with van der Waals surface area (Å²) >= 11 is 1.75. The summed E-state index contributed by atoms with van der Waals surface area (Å²) in [6, 6.07) is 0. The smallest absolute Gasteiger partial charge is 0.138 e. The molecule has 0 spiro atoms. The van der Waals surface area contributed by atoms with Gasteiger partial charge in [-0.3, -0.25) is 9.80 Å². The van der Waals surface area contributed by atoms with Crippen LogP contribution < -0.4 is 0 Å². The van der Waals surface area contributed by atoms with Crippen LogP contribution in [-0.4, -0.2) is 46.1 Å². The first kappa shape index (κ1) is 15.3. The lowest BCUT2D eigenvalue weighted by Crippen LogP contribution is -2.28. The predicted octanol–water partition coefficient (Wildman–Crippen LogP) is 2.62. The van der Waals surface area contributed by atoms with Gasteiger partial charge in [0, 0.05) is 50.2 Å². The Labute approximate surface area is 141 Å². The maximum Gasteiger partial charge on any atom is 0.138 e. The molecule has 0 radical (unpaired) electrons. The van der Waals surface area contributed by atoms with Crippen molar-refractivity contribution in [1.29, 1.82) is 0 Å². The third-order valence-corrected chi connectivity index (χ3v) is 6.07. The fourth-order valence-electron chi connectivity index (χ4n) is 4.11. The van der Waals surface area contributed by atoms with E-state index in [4.69, 9.17) is 4.52 Å². The van der Waals surface area contributed by atoms with Gasteiger partial charge in [0.15, 0.2) is 0 Å². The molecular formula is C17H24N4OS. The number of thiazole rings is 1. The molecule has 4 heterocycles. The molecule has 6 heteroatoms. The first-order chi connectivity index (χ1) is 11.1. The maximum atomic E-state index is 5.29. The molecule has 23 heavy (non-hydrogen) atoms. The molecule has 2 fully saturated rings. The van der Waals surface area contributed by atoms with Gasteiger partial charge in [-0.15, -0.1) is 11.3 Å². The van der Waals surface area contributed by atoms with Crippen LogP contribution in [0.25, 0.3) is 0 Å². The molecule has 0 unspecified atom stereocenters. The molecule has 124 valence electrons. The molecule has 5 nitrogen and oxygen atoms in total. The molecule has 0 aromatic carbocycles. The lowest BCUT2D eigenvalue weighted by atomic mass is 10.0. The van der Waals surface area contributed by atoms with E-state index in [9.17, 15) is 0 Å². The highest BCUT2D eigenvalue weighted by Crippen LogP contribution is 2.33. The van der Waals surface area contributed by atoms with Crippen molar-refractivity contribution < 1.29 is 4.52 Å². The third kappa shape index (κ3) is 3.07. The number of aryl methyl sites for hydroxylation is 3. The molecule has 2 atom stereocenters. The Morgan fingerprint density at radius 2 is 1.74 bits per heavy atom. The largest absolute Gasteiger partial charge is 0.361 e. The van der Waals surface area contributed by atoms with E-state index in [1.807, 2.05) is 13.8 Å². The lowest BCUT2D eigenvalue weighted by Gasteiger charge is -2.20. The molecule has 0 amide bonds. The molecule has 2 saturated heterocycles. The Balaban J connectivity index is 1.33. The van der Waals surface area contributed by atoms with Crippen LogP contribution in [0.1, 0.15) is 27.7 Å². The fourth-order valence-corrected chi connectivity index (χ4v) is 4.71. The number of nitrogens with zero attached hydrogens (tertiary/aromatic N) is 4. The molecular weight excluding hydrogens is 308 g/mol. The van der Waals surface area contributed by atoms with Crippen LogP contribution in [0.4, 0.5) is 0 Å². The van der Waals surface area contributed by atoms with E-state index >= 15 is 0 Å². The number of fused-ring (bicyclic) bond motifs is 1. The Hall–Kier alpha value is -1.24. The molecule has 4 rings (SSSR count). The summed E-state index contributed by atoms with van der Waals surface area (Å²) in [4.78, 5) is 9.76. The highest BCUT2D eigenvalue weighted by Gasteiger charge is 2.40. The number of aromatic nitrogens is 2. The molecule has 0 bridgehead atoms. The molecule has 0 saturated carbocycles. The summed E-state index contributed by atoms with van der Waals surface area (Å²) in [7, 11) is 0. The van der Waals surface area contributed by atoms with Gasteiger partial charge in [0.05, 0.1) is 16.4 Å². The van der Waals surface area contributed by atoms with Crippen LogP contribution in [-0.2, 0) is 13.1 Å². The summed E-state index contributed by atoms with van der Waals surface area (Å²) < 4.78 is 5.29. The molecule has 2 aromatic rings. The van der Waals surface area contributed by atoms with Crippen molar-refractivity contribution in [3.8, 4) is 0 Å². The third-order valence-electron chi connectivity index (χ3n) is 5.25. The van der Waals surface area contributed by atoms with Gasteiger partial charge in [-0.05, 0) is 32.6 Å². The maximum absolute atomic E-state index is 5.29. The van der Waals surface area contributed by atoms with Gasteiger partial charge in [0.25, 0.3) is 0 Å². The monoisotopic (exact) mass is 332 g/mol. The Kier molecular flexibility index (Phi) is 3.99. The van der Waals surface area contributed by atoms with Crippen molar-refractivity contribution >= 4 is 11.3 Å². The van der Waals surface area contributed by atoms with Gasteiger partial charge in [0.1, 0.15) is 5.76 Å². The van der Waals surface area contributed by atoms with Crippen molar-refractivity contribution in [1.82, 2.24) is 19.9 Å². The van der Waals surface area contributed by atoms with Crippen LogP contribution in [0.5, 0.6) is 0 Å². The standard InChI is InChI=1S/C17H24N4OS/c1-11-17(12(2)22-19-11)9-21-6-14-4-20(5-15(14)7-21)8-16-10-23-13(3)18-16/h10,14-15H,4-9H2,1-3H3/t14-,15+. The zero-order valence-corrected chi connectivity index (χ0v) is 14.9. The number of hydrogen-bond acceptors (Lipinski definition) is 6. The lowest BCUT2D eigenvalue weighted by molar-refractivity contribution is 0.244. The van der Waals surface area contributed by atoms with Crippen LogP contribution in [0.15, 0.2) is 9.90 Å². The van der Waals surface area contributed by atoms with Gasteiger partial charge in [-0.1, -0.05) is 5.16 Å². The highest BCUT2D eigenvalue weighted by molar-refractivity contribution is 7.09. The van der Waals surface area contributed by atoms with Crippen LogP contribution in [0.2, 0.25) is 0 Å². The zero-order valence-electron chi connectivity index (χ0n) is 14.1. The van der Waals surface area contributed by atoms with Crippen molar-refractivity contribution in [3.05, 3.63) is 33.1 Å². The van der Waals surface area contributed by atoms with Crippen molar-refractivity contribution in [2.24, 2.45) is 11.8 Å². The second-order valence-electron chi connectivity index (χ2n) is 7.07. The minimum absolute atomic E-state index is 0.801. The predicted molar refractivity (Wildman–Crippen MR) is 90.4 cm³/mol. The average Bonchev–Trinajstić information content (AvgIpc) is 3.22. The average molecular weight is 332 g/mol. The Morgan fingerprint density at radius 1 is 1.09 bits per heavy atom. The summed E-state index contributed by atoms with van der Waals surface area (Å²) in [6.07, 6.45) is 0. The molecule has 2 aliphatic rings. The van der Waals surface area contributed by atoms with Gasteiger partial charge >= 0.3 is 0 Å². The van der Waals surface area contributed by atoms with Crippen molar-refractivity contribution in [2.45, 2.75) is 33.9 Å². The van der Waals surface area contributed by atoms with Gasteiger partial charge in [-0.2, -0.15) is 0 Å². The summed E-state index contributed by atoms with van der Waals surface area (Å²) in [6.45, 7) is 12.9. The van der Waals surface area contributed by atoms with Gasteiger partial charge in [0.2, 0.25) is 0 Å². The molecule has 2 aliphatic heterocycles. The topological polar surface area (TPSA) is 45.4 Å². The zero-order chi connectivity index (χ0) is 16.0. The fraction of sp³-hybridized carbons (Fsp3) is 0.647. The first-order valence-electron chi connectivity index (χ1n) is 8.36. The number of likely N-dealkylation sites (tertiary alicyclic amines) is 2. The Bertz CT molecular complexity index is 661. The van der Waals surface area contributed by atoms with E-state index in [-0.39, 0.29) is 0 Å². The van der Waals surface area contributed by atoms with Crippen molar-refractivity contribution in [3.63, 3.8) is 0 Å². The first-order valence-corrected chi connectivity index (χ1v) is 9.24. The quantitative estimate of drug-likeness (QED) is 0.861. The summed E-state index contributed by atoms with van der Waals surface area (Å²) in [5.74, 6) is 2.57. The van der Waals surface area contributed by atoms with E-state index in [0.29, 0.717) is 0 Å². The normalized spacial score (nSPS) is 25.3. The van der Waals surface area contributed by atoms with E-state index in [1.54, 1.807) is 11.3 Å². The van der Waals surface area contributed by atoms with E-state index in [2.05, 4.69) is 32.2 Å². The number of rotatable bonds is 4. The second-order valence-corrected chi connectivity index (χ2v) is 8.13. The van der Waals surface area contributed by atoms with E-state index in [0.717, 1.165) is 36.4 Å². The summed E-state index contributed by atoms with van der Waals surface area (Å²) in [5.41, 5.74) is 3.56. The molecule has 2 aromatic heterocycles. The van der Waals surface area contributed by atoms with Crippen LogP contribution in [0, 0.1) is 32.6 Å². The van der Waals surface area contributed by atoms with Crippen molar-refractivity contribution in [2.75, 3.05) is 26.2 Å². The van der Waals surface area contributed by atoms with Crippen LogP contribution in [0.3, 0.4) is 0 Å². The number of hydrogen-bond donors (Lipinski definition) is 0. The highest BCUT2D eigenvalue weighted by atomic mass is 32.1. The van der Waals surface area contributed by atoms with E-state index in [1.165, 1.54) is 42.4 Å². The Morgan fingerprint density at radius 3 is 2.26 bits per heavy atom. The second kappa shape index (κ2) is 6.00. The molecule has 0 aliphatic carbocycles. The van der Waals surface area contributed by atoms with Gasteiger partial charge < -0.3 is 4.52 Å². The summed E-state index contributed by atoms with van der Waals surface area (Å²) in [5, 5.41) is 7.45. The minimum atomic E-state index is 0.801. The van der Waals surface area contributed by atoms with E-state index < -0.39 is 0 Å². The SMILES string of the molecule is Cc1nc(CN2C[C@@H]3CN(Cc4c(C)noc4C)C[C@@H]3C2)cs1. The molecule has 0 N–H and O–H groups in total. The van der Waals surface area contributed by atoms with Crippen LogP contribution >= 0.6 is 11.3 Å².